The molecule has 0 aromatic carbocycles. The molecule has 0 saturated heterocycles. The Balaban J connectivity index is 0. The molecule has 0 heterocycles. The summed E-state index contributed by atoms with van der Waals surface area (Å²) in [5, 5.41) is 15.1. The highest BCUT2D eigenvalue weighted by molar-refractivity contribution is 5.81. The van der Waals surface area contributed by atoms with E-state index in [1.54, 1.807) is 0 Å². The van der Waals surface area contributed by atoms with Gasteiger partial charge in [-0.1, -0.05) is 6.58 Å². The first-order valence-electron chi connectivity index (χ1n) is 2.66. The number of hydrogen-bond acceptors (Lipinski definition) is 4. The second kappa shape index (κ2) is 11.0. The summed E-state index contributed by atoms with van der Waals surface area (Å²) in [6.45, 7) is 3.06. The number of aliphatic hydroxyl groups is 2. The summed E-state index contributed by atoms with van der Waals surface area (Å²) >= 11 is 0. The molecular formula is C6H12O4. The summed E-state index contributed by atoms with van der Waals surface area (Å²) in [5.41, 5.74) is 0. The van der Waals surface area contributed by atoms with Gasteiger partial charge >= 0.3 is 5.97 Å². The zero-order valence-corrected chi connectivity index (χ0v) is 5.91. The predicted octanol–water partition coefficient (Wildman–Crippen LogP) is -0.684. The van der Waals surface area contributed by atoms with Gasteiger partial charge in [0.1, 0.15) is 6.61 Å². The SMILES string of the molecule is C=CC(=O)OCCO.CO. The van der Waals surface area contributed by atoms with Gasteiger partial charge in [-0.05, 0) is 0 Å². The number of ether oxygens (including phenoxy) is 1. The van der Waals surface area contributed by atoms with Crippen molar-refractivity contribution in [2.75, 3.05) is 20.3 Å². The Kier molecular flexibility index (Phi) is 13.1. The van der Waals surface area contributed by atoms with Gasteiger partial charge in [-0.15, -0.1) is 0 Å². The molecule has 0 amide bonds. The Hall–Kier alpha value is -0.870. The van der Waals surface area contributed by atoms with Gasteiger partial charge in [0, 0.05) is 13.2 Å². The van der Waals surface area contributed by atoms with E-state index >= 15 is 0 Å². The maximum atomic E-state index is 10.1. The molecule has 0 rings (SSSR count). The van der Waals surface area contributed by atoms with Crippen LogP contribution in [0.5, 0.6) is 0 Å². The van der Waals surface area contributed by atoms with Gasteiger partial charge in [-0.2, -0.15) is 0 Å². The molecule has 0 atom stereocenters. The first-order valence-corrected chi connectivity index (χ1v) is 2.66. The van der Waals surface area contributed by atoms with Crippen molar-refractivity contribution in [1.82, 2.24) is 0 Å². The van der Waals surface area contributed by atoms with Crippen LogP contribution in [0.25, 0.3) is 0 Å². The largest absolute Gasteiger partial charge is 0.460 e. The van der Waals surface area contributed by atoms with E-state index < -0.39 is 5.97 Å². The van der Waals surface area contributed by atoms with Crippen LogP contribution in [0.3, 0.4) is 0 Å². The van der Waals surface area contributed by atoms with E-state index in [1.807, 2.05) is 0 Å². The van der Waals surface area contributed by atoms with Gasteiger partial charge in [0.25, 0.3) is 0 Å². The minimum atomic E-state index is -0.501. The molecule has 0 aliphatic heterocycles. The molecule has 0 aliphatic carbocycles. The molecule has 0 bridgehead atoms. The maximum absolute atomic E-state index is 10.1. The van der Waals surface area contributed by atoms with Crippen LogP contribution in [0.15, 0.2) is 12.7 Å². The van der Waals surface area contributed by atoms with Crippen LogP contribution in [-0.4, -0.2) is 36.5 Å². The average molecular weight is 148 g/mol. The normalized spacial score (nSPS) is 7.10. The number of aliphatic hydroxyl groups excluding tert-OH is 2. The van der Waals surface area contributed by atoms with E-state index in [9.17, 15) is 4.79 Å². The summed E-state index contributed by atoms with van der Waals surface area (Å²) in [7, 11) is 1.00. The van der Waals surface area contributed by atoms with Crippen LogP contribution in [0.2, 0.25) is 0 Å². The van der Waals surface area contributed by atoms with Crippen molar-refractivity contribution in [3.8, 4) is 0 Å². The lowest BCUT2D eigenvalue weighted by Crippen LogP contribution is -2.04. The summed E-state index contributed by atoms with van der Waals surface area (Å²) in [4.78, 5) is 10.1. The topological polar surface area (TPSA) is 66.8 Å². The van der Waals surface area contributed by atoms with E-state index in [2.05, 4.69) is 11.3 Å². The first-order chi connectivity index (χ1) is 4.81. The molecule has 0 aromatic rings. The van der Waals surface area contributed by atoms with Crippen LogP contribution in [0.1, 0.15) is 0 Å². The Bertz CT molecular complexity index is 89.7. The third-order valence-electron chi connectivity index (χ3n) is 0.502. The van der Waals surface area contributed by atoms with Crippen molar-refractivity contribution in [2.45, 2.75) is 0 Å². The van der Waals surface area contributed by atoms with Crippen molar-refractivity contribution in [1.29, 1.82) is 0 Å². The first kappa shape index (κ1) is 11.9. The van der Waals surface area contributed by atoms with Gasteiger partial charge in [0.15, 0.2) is 0 Å². The smallest absolute Gasteiger partial charge is 0.330 e. The minimum Gasteiger partial charge on any atom is -0.460 e. The monoisotopic (exact) mass is 148 g/mol. The molecule has 0 radical (unpaired) electrons. The molecule has 60 valence electrons. The molecule has 0 aromatic heterocycles. The zero-order chi connectivity index (χ0) is 8.41. The lowest BCUT2D eigenvalue weighted by Gasteiger charge is -1.94. The van der Waals surface area contributed by atoms with Gasteiger partial charge < -0.3 is 14.9 Å². The molecule has 10 heavy (non-hydrogen) atoms. The molecule has 0 fully saturated rings. The fourth-order valence-corrected chi connectivity index (χ4v) is 0.205. The van der Waals surface area contributed by atoms with E-state index in [0.29, 0.717) is 0 Å². The average Bonchev–Trinajstić information content (AvgIpc) is 2.04. The quantitative estimate of drug-likeness (QED) is 0.411. The zero-order valence-electron chi connectivity index (χ0n) is 5.91. The van der Waals surface area contributed by atoms with Crippen LogP contribution in [0, 0.1) is 0 Å². The Morgan fingerprint density at radius 2 is 2.20 bits per heavy atom. The fraction of sp³-hybridized carbons (Fsp3) is 0.500. The number of carbonyl (C=O) groups is 1. The number of rotatable bonds is 3. The summed E-state index contributed by atoms with van der Waals surface area (Å²) in [6.07, 6.45) is 1.05. The van der Waals surface area contributed by atoms with Gasteiger partial charge in [-0.3, -0.25) is 0 Å². The highest BCUT2D eigenvalue weighted by Crippen LogP contribution is 1.75. The maximum Gasteiger partial charge on any atom is 0.330 e. The fourth-order valence-electron chi connectivity index (χ4n) is 0.205. The lowest BCUT2D eigenvalue weighted by molar-refractivity contribution is -0.138. The highest BCUT2D eigenvalue weighted by atomic mass is 16.5. The lowest BCUT2D eigenvalue weighted by atomic mass is 10.6. The molecule has 2 N–H and O–H groups in total. The van der Waals surface area contributed by atoms with Crippen molar-refractivity contribution in [3.05, 3.63) is 12.7 Å². The molecule has 4 heteroatoms. The van der Waals surface area contributed by atoms with Crippen molar-refractivity contribution in [2.24, 2.45) is 0 Å². The van der Waals surface area contributed by atoms with Crippen molar-refractivity contribution >= 4 is 5.97 Å². The van der Waals surface area contributed by atoms with Gasteiger partial charge in [0.2, 0.25) is 0 Å². The second-order valence-corrected chi connectivity index (χ2v) is 1.10. The third-order valence-corrected chi connectivity index (χ3v) is 0.502. The highest BCUT2D eigenvalue weighted by Gasteiger charge is 1.90. The molecule has 0 aliphatic rings. The van der Waals surface area contributed by atoms with E-state index in [0.717, 1.165) is 13.2 Å². The van der Waals surface area contributed by atoms with Crippen LogP contribution in [-0.2, 0) is 9.53 Å². The van der Waals surface area contributed by atoms with E-state index in [4.69, 9.17) is 10.2 Å². The molecular weight excluding hydrogens is 136 g/mol. The van der Waals surface area contributed by atoms with Crippen molar-refractivity contribution in [3.63, 3.8) is 0 Å². The second-order valence-electron chi connectivity index (χ2n) is 1.10. The number of carbonyl (C=O) groups excluding carboxylic acids is 1. The Morgan fingerprint density at radius 3 is 2.50 bits per heavy atom. The van der Waals surface area contributed by atoms with Crippen LogP contribution < -0.4 is 0 Å². The minimum absolute atomic E-state index is 0.0465. The summed E-state index contributed by atoms with van der Waals surface area (Å²) < 4.78 is 4.33. The predicted molar refractivity (Wildman–Crippen MR) is 36.4 cm³/mol. The summed E-state index contributed by atoms with van der Waals surface area (Å²) in [6, 6.07) is 0. The van der Waals surface area contributed by atoms with Crippen molar-refractivity contribution < 1.29 is 19.7 Å². The van der Waals surface area contributed by atoms with Gasteiger partial charge in [-0.25, -0.2) is 4.79 Å². The van der Waals surface area contributed by atoms with Crippen LogP contribution >= 0.6 is 0 Å². The molecule has 0 unspecified atom stereocenters. The van der Waals surface area contributed by atoms with Gasteiger partial charge in [0.05, 0.1) is 6.61 Å². The number of hydrogen-bond donors (Lipinski definition) is 2. The molecule has 4 nitrogen and oxygen atoms in total. The van der Waals surface area contributed by atoms with E-state index in [-0.39, 0.29) is 13.2 Å². The summed E-state index contributed by atoms with van der Waals surface area (Å²) in [5.74, 6) is -0.501. The van der Waals surface area contributed by atoms with E-state index in [1.165, 1.54) is 0 Å². The molecule has 0 saturated carbocycles. The standard InChI is InChI=1S/C5H8O3.CH4O/c1-2-5(7)8-4-3-6;1-2/h2,6H,1,3-4H2;2H,1H3. The molecule has 0 spiro atoms. The van der Waals surface area contributed by atoms with Crippen LogP contribution in [0.4, 0.5) is 0 Å². The third kappa shape index (κ3) is 10.2. The number of esters is 1. The Labute approximate surface area is 59.7 Å². The Morgan fingerprint density at radius 1 is 1.70 bits per heavy atom.